The first-order valence-electron chi connectivity index (χ1n) is 5.97. The second-order valence-corrected chi connectivity index (χ2v) is 5.09. The number of benzene rings is 1. The zero-order valence-electron chi connectivity index (χ0n) is 10.2. The van der Waals surface area contributed by atoms with Gasteiger partial charge in [0.05, 0.1) is 11.1 Å². The van der Waals surface area contributed by atoms with E-state index < -0.39 is 5.82 Å². The molecule has 2 unspecified atom stereocenters. The van der Waals surface area contributed by atoms with Crippen molar-refractivity contribution in [1.82, 2.24) is 4.90 Å². The molecule has 1 saturated heterocycles. The number of likely N-dealkylation sites (N-methyl/N-ethyl adjacent to an activating group) is 1. The molecule has 0 aliphatic carbocycles. The normalized spacial score (nSPS) is 25.1. The molecule has 2 N–H and O–H groups in total. The minimum atomic E-state index is -0.461. The summed E-state index contributed by atoms with van der Waals surface area (Å²) in [5, 5.41) is 0.0600. The van der Waals surface area contributed by atoms with E-state index in [0.717, 1.165) is 18.4 Å². The van der Waals surface area contributed by atoms with Crippen LogP contribution < -0.4 is 5.73 Å². The molecule has 5 heteroatoms. The van der Waals surface area contributed by atoms with Gasteiger partial charge in [0.15, 0.2) is 0 Å². The lowest BCUT2D eigenvalue weighted by atomic mass is 9.96. The largest absolute Gasteiger partial charge is 0.337 e. The zero-order chi connectivity index (χ0) is 13.3. The van der Waals surface area contributed by atoms with E-state index in [9.17, 15) is 9.18 Å². The lowest BCUT2D eigenvalue weighted by molar-refractivity contribution is -0.131. The summed E-state index contributed by atoms with van der Waals surface area (Å²) in [6.07, 6.45) is 2.07. The quantitative estimate of drug-likeness (QED) is 0.852. The van der Waals surface area contributed by atoms with E-state index in [2.05, 4.69) is 0 Å². The Balaban J connectivity index is 2.38. The molecular formula is C13H16ClFN2O. The van der Waals surface area contributed by atoms with Crippen molar-refractivity contribution < 1.29 is 9.18 Å². The highest BCUT2D eigenvalue weighted by molar-refractivity contribution is 6.30. The molecule has 0 aromatic heterocycles. The Kier molecular flexibility index (Phi) is 3.88. The molecule has 1 aliphatic heterocycles. The van der Waals surface area contributed by atoms with Gasteiger partial charge in [0.25, 0.3) is 0 Å². The van der Waals surface area contributed by atoms with Crippen molar-refractivity contribution in [3.8, 4) is 0 Å². The summed E-state index contributed by atoms with van der Waals surface area (Å²) >= 11 is 5.79. The van der Waals surface area contributed by atoms with Crippen LogP contribution in [0.15, 0.2) is 18.2 Å². The minimum Gasteiger partial charge on any atom is -0.337 e. The van der Waals surface area contributed by atoms with E-state index >= 15 is 0 Å². The van der Waals surface area contributed by atoms with Crippen LogP contribution in [0.3, 0.4) is 0 Å². The number of hydrogen-bond acceptors (Lipinski definition) is 2. The number of hydrogen-bond donors (Lipinski definition) is 1. The third kappa shape index (κ3) is 2.49. The molecule has 0 saturated carbocycles. The first-order valence-corrected chi connectivity index (χ1v) is 6.34. The van der Waals surface area contributed by atoms with Crippen molar-refractivity contribution in [2.75, 3.05) is 7.05 Å². The van der Waals surface area contributed by atoms with Gasteiger partial charge in [0, 0.05) is 19.5 Å². The first kappa shape index (κ1) is 13.3. The van der Waals surface area contributed by atoms with Gasteiger partial charge in [0.1, 0.15) is 5.82 Å². The molecule has 2 atom stereocenters. The van der Waals surface area contributed by atoms with E-state index in [1.54, 1.807) is 24.1 Å². The Morgan fingerprint density at radius 1 is 1.50 bits per heavy atom. The van der Waals surface area contributed by atoms with Gasteiger partial charge in [-0.05, 0) is 30.5 Å². The van der Waals surface area contributed by atoms with E-state index in [1.165, 1.54) is 6.07 Å². The van der Waals surface area contributed by atoms with Crippen LogP contribution in [0.2, 0.25) is 5.02 Å². The Hall–Kier alpha value is -1.13. The van der Waals surface area contributed by atoms with E-state index in [1.807, 2.05) is 0 Å². The van der Waals surface area contributed by atoms with Crippen molar-refractivity contribution in [1.29, 1.82) is 0 Å². The Morgan fingerprint density at radius 3 is 2.89 bits per heavy atom. The minimum absolute atomic E-state index is 0.0600. The fourth-order valence-electron chi connectivity index (χ4n) is 2.43. The smallest absolute Gasteiger partial charge is 0.222 e. The van der Waals surface area contributed by atoms with Gasteiger partial charge in [-0.1, -0.05) is 17.7 Å². The van der Waals surface area contributed by atoms with Gasteiger partial charge in [0.2, 0.25) is 5.91 Å². The van der Waals surface area contributed by atoms with Crippen molar-refractivity contribution in [2.45, 2.75) is 31.3 Å². The van der Waals surface area contributed by atoms with Gasteiger partial charge in [-0.3, -0.25) is 4.79 Å². The molecule has 1 aromatic carbocycles. The molecule has 0 bridgehead atoms. The van der Waals surface area contributed by atoms with Crippen LogP contribution in [0, 0.1) is 5.82 Å². The van der Waals surface area contributed by atoms with E-state index in [0.29, 0.717) is 6.42 Å². The van der Waals surface area contributed by atoms with Crippen molar-refractivity contribution >= 4 is 17.5 Å². The molecule has 1 aromatic rings. The zero-order valence-corrected chi connectivity index (χ0v) is 11.0. The highest BCUT2D eigenvalue weighted by Gasteiger charge is 2.30. The second kappa shape index (κ2) is 5.24. The third-order valence-electron chi connectivity index (χ3n) is 3.43. The Labute approximate surface area is 111 Å². The van der Waals surface area contributed by atoms with Crippen LogP contribution >= 0.6 is 11.6 Å². The van der Waals surface area contributed by atoms with Crippen molar-refractivity contribution in [2.24, 2.45) is 5.73 Å². The summed E-state index contributed by atoms with van der Waals surface area (Å²) in [7, 11) is 1.73. The summed E-state index contributed by atoms with van der Waals surface area (Å²) < 4.78 is 13.2. The fourth-order valence-corrected chi connectivity index (χ4v) is 2.62. The summed E-state index contributed by atoms with van der Waals surface area (Å²) in [5.41, 5.74) is 6.90. The number of likely N-dealkylation sites (tertiary alicyclic amines) is 1. The lowest BCUT2D eigenvalue weighted by Gasteiger charge is -2.30. The first-order chi connectivity index (χ1) is 8.50. The molecule has 0 radical (unpaired) electrons. The number of carbonyl (C=O) groups excluding carboxylic acids is 1. The molecule has 1 fully saturated rings. The number of halogens is 2. The molecule has 3 nitrogen and oxygen atoms in total. The molecule has 2 rings (SSSR count). The Bertz CT molecular complexity index is 466. The van der Waals surface area contributed by atoms with E-state index in [-0.39, 0.29) is 23.0 Å². The maximum atomic E-state index is 13.2. The van der Waals surface area contributed by atoms with E-state index in [4.69, 9.17) is 17.3 Å². The third-order valence-corrected chi connectivity index (χ3v) is 3.72. The van der Waals surface area contributed by atoms with Gasteiger partial charge in [-0.15, -0.1) is 0 Å². The second-order valence-electron chi connectivity index (χ2n) is 4.68. The Morgan fingerprint density at radius 2 is 2.22 bits per heavy atom. The number of nitrogens with two attached hydrogens (primary N) is 1. The number of carbonyl (C=O) groups is 1. The summed E-state index contributed by atoms with van der Waals surface area (Å²) in [4.78, 5) is 13.5. The predicted molar refractivity (Wildman–Crippen MR) is 68.7 cm³/mol. The molecule has 18 heavy (non-hydrogen) atoms. The van der Waals surface area contributed by atoms with Crippen LogP contribution in [0.25, 0.3) is 0 Å². The molecular weight excluding hydrogens is 255 g/mol. The highest BCUT2D eigenvalue weighted by Crippen LogP contribution is 2.30. The van der Waals surface area contributed by atoms with Crippen molar-refractivity contribution in [3.63, 3.8) is 0 Å². The number of nitrogens with zero attached hydrogens (tertiary/aromatic N) is 1. The lowest BCUT2D eigenvalue weighted by Crippen LogP contribution is -2.39. The highest BCUT2D eigenvalue weighted by atomic mass is 35.5. The van der Waals surface area contributed by atoms with Crippen LogP contribution in [-0.4, -0.2) is 23.9 Å². The van der Waals surface area contributed by atoms with Gasteiger partial charge >= 0.3 is 0 Å². The summed E-state index contributed by atoms with van der Waals surface area (Å²) in [6.45, 7) is 0. The number of amides is 1. The molecule has 98 valence electrons. The topological polar surface area (TPSA) is 46.3 Å². The van der Waals surface area contributed by atoms with Crippen LogP contribution in [-0.2, 0) is 4.79 Å². The van der Waals surface area contributed by atoms with Crippen LogP contribution in [0.5, 0.6) is 0 Å². The molecule has 0 spiro atoms. The van der Waals surface area contributed by atoms with Crippen LogP contribution in [0.1, 0.15) is 30.9 Å². The predicted octanol–water partition coefficient (Wildman–Crippen LogP) is 2.49. The molecule has 1 heterocycles. The van der Waals surface area contributed by atoms with Crippen molar-refractivity contribution in [3.05, 3.63) is 34.6 Å². The average Bonchev–Trinajstić information content (AvgIpc) is 2.44. The molecule has 1 aliphatic rings. The SMILES string of the molecule is CN1C(=O)CCCC(N)C1c1ccc(F)c(Cl)c1. The standard InChI is InChI=1S/C13H16ClFN2O/c1-17-12(18)4-2-3-11(16)13(17)8-5-6-10(15)9(14)7-8/h5-7,11,13H,2-4,16H2,1H3. The summed E-state index contributed by atoms with van der Waals surface area (Å²) in [6, 6.07) is 4.12. The monoisotopic (exact) mass is 270 g/mol. The van der Waals surface area contributed by atoms with Gasteiger partial charge < -0.3 is 10.6 Å². The molecule has 1 amide bonds. The average molecular weight is 271 g/mol. The van der Waals surface area contributed by atoms with Gasteiger partial charge in [-0.2, -0.15) is 0 Å². The van der Waals surface area contributed by atoms with Crippen LogP contribution in [0.4, 0.5) is 4.39 Å². The maximum Gasteiger partial charge on any atom is 0.222 e. The summed E-state index contributed by atoms with van der Waals surface area (Å²) in [5.74, 6) is -0.398. The fraction of sp³-hybridized carbons (Fsp3) is 0.462. The van der Waals surface area contributed by atoms with Gasteiger partial charge in [-0.25, -0.2) is 4.39 Å². The number of rotatable bonds is 1. The maximum absolute atomic E-state index is 13.2.